The number of hydrogen-bond acceptors (Lipinski definition) is 11. The lowest BCUT2D eigenvalue weighted by Crippen LogP contribution is -2.15. The van der Waals surface area contributed by atoms with Gasteiger partial charge in [-0.25, -0.2) is 4.79 Å². The van der Waals surface area contributed by atoms with Gasteiger partial charge in [0.05, 0.1) is 112 Å². The smallest absolute Gasteiger partial charge is 0.333 e. The quantitative estimate of drug-likeness (QED) is 0.0607. The number of esters is 1. The molecule has 0 heterocycles. The number of carbonyl (C=O) groups excluding carboxylic acids is 1. The van der Waals surface area contributed by atoms with Crippen molar-refractivity contribution in [3.63, 3.8) is 0 Å². The highest BCUT2D eigenvalue weighted by molar-refractivity contribution is 5.86. The summed E-state index contributed by atoms with van der Waals surface area (Å²) in [5, 5.41) is 0. The average molecular weight is 521 g/mol. The molecule has 0 aliphatic carbocycles. The number of hydrogen-bond donors (Lipinski definition) is 0. The van der Waals surface area contributed by atoms with Crippen LogP contribution >= 0.6 is 0 Å². The lowest BCUT2D eigenvalue weighted by molar-refractivity contribution is -0.140. The molecular weight excluding hydrogens is 476 g/mol. The molecule has 36 heavy (non-hydrogen) atoms. The Hall–Kier alpha value is -1.59. The van der Waals surface area contributed by atoms with Crippen LogP contribution in [0.25, 0.3) is 0 Å². The molecule has 0 rings (SSSR count). The van der Waals surface area contributed by atoms with Crippen LogP contribution < -0.4 is 0 Å². The van der Waals surface area contributed by atoms with Crippen LogP contribution in [0.3, 0.4) is 0 Å². The Morgan fingerprint density at radius 2 is 0.778 bits per heavy atom. The number of rotatable bonds is 29. The van der Waals surface area contributed by atoms with Crippen molar-refractivity contribution in [1.29, 1.82) is 0 Å². The summed E-state index contributed by atoms with van der Waals surface area (Å²) in [6, 6.07) is 0. The minimum absolute atomic E-state index is 0.201. The van der Waals surface area contributed by atoms with Crippen LogP contribution in [0.5, 0.6) is 0 Å². The third-order valence-corrected chi connectivity index (χ3v) is 3.97. The van der Waals surface area contributed by atoms with Gasteiger partial charge in [-0.15, -0.1) is 6.42 Å². The van der Waals surface area contributed by atoms with E-state index < -0.39 is 5.97 Å². The molecule has 0 atom stereocenters. The zero-order chi connectivity index (χ0) is 26.4. The first-order valence-electron chi connectivity index (χ1n) is 12.1. The molecular formula is C25H44O11. The topological polar surface area (TPSA) is 109 Å². The van der Waals surface area contributed by atoms with Crippen LogP contribution in [-0.4, -0.2) is 132 Å². The fraction of sp³-hybridized carbons (Fsp3) is 0.800. The van der Waals surface area contributed by atoms with E-state index in [-0.39, 0.29) is 6.61 Å². The zero-order valence-electron chi connectivity index (χ0n) is 21.7. The van der Waals surface area contributed by atoms with E-state index in [9.17, 15) is 4.79 Å². The maximum absolute atomic E-state index is 11.1. The largest absolute Gasteiger partial charge is 0.460 e. The second-order valence-electron chi connectivity index (χ2n) is 7.07. The highest BCUT2D eigenvalue weighted by Gasteiger charge is 2.01. The van der Waals surface area contributed by atoms with Gasteiger partial charge >= 0.3 is 5.97 Å². The normalized spacial score (nSPS) is 10.9. The van der Waals surface area contributed by atoms with Gasteiger partial charge in [0, 0.05) is 5.57 Å². The molecule has 11 heteroatoms. The molecule has 0 unspecified atom stereocenters. The molecule has 0 aromatic carbocycles. The maximum atomic E-state index is 11.1. The van der Waals surface area contributed by atoms with Crippen molar-refractivity contribution in [2.24, 2.45) is 0 Å². The Kier molecular flexibility index (Phi) is 28.3. The number of terminal acetylenes is 1. The monoisotopic (exact) mass is 520 g/mol. The van der Waals surface area contributed by atoms with Crippen LogP contribution in [0.4, 0.5) is 0 Å². The first-order chi connectivity index (χ1) is 17.7. The Morgan fingerprint density at radius 1 is 0.528 bits per heavy atom. The van der Waals surface area contributed by atoms with Gasteiger partial charge in [0.1, 0.15) is 13.2 Å². The highest BCUT2D eigenvalue weighted by atomic mass is 16.6. The van der Waals surface area contributed by atoms with Crippen LogP contribution in [0.2, 0.25) is 0 Å². The fourth-order valence-electron chi connectivity index (χ4n) is 2.21. The third kappa shape index (κ3) is 28.6. The lowest BCUT2D eigenvalue weighted by Gasteiger charge is -2.09. The van der Waals surface area contributed by atoms with Crippen molar-refractivity contribution < 1.29 is 52.2 Å². The lowest BCUT2D eigenvalue weighted by atomic mass is 10.4. The van der Waals surface area contributed by atoms with E-state index in [2.05, 4.69) is 12.5 Å². The Balaban J connectivity index is 3.06. The van der Waals surface area contributed by atoms with E-state index in [0.29, 0.717) is 124 Å². The first-order valence-corrected chi connectivity index (χ1v) is 12.1. The summed E-state index contributed by atoms with van der Waals surface area (Å²) in [5.74, 6) is 1.98. The molecule has 210 valence electrons. The first kappa shape index (κ1) is 34.4. The molecule has 0 saturated carbocycles. The van der Waals surface area contributed by atoms with Gasteiger partial charge in [-0.2, -0.15) is 0 Å². The summed E-state index contributed by atoms with van der Waals surface area (Å²) in [5.41, 5.74) is 0.371. The second kappa shape index (κ2) is 29.6. The van der Waals surface area contributed by atoms with E-state index in [0.717, 1.165) is 0 Å². The number of carbonyl (C=O) groups is 1. The molecule has 0 saturated heterocycles. The molecule has 0 bridgehead atoms. The summed E-state index contributed by atoms with van der Waals surface area (Å²) in [6.45, 7) is 13.7. The van der Waals surface area contributed by atoms with Gasteiger partial charge in [0.2, 0.25) is 0 Å². The molecule has 0 aromatic heterocycles. The summed E-state index contributed by atoms with van der Waals surface area (Å²) >= 11 is 0. The van der Waals surface area contributed by atoms with Gasteiger partial charge < -0.3 is 47.4 Å². The van der Waals surface area contributed by atoms with Gasteiger partial charge in [-0.3, -0.25) is 0 Å². The van der Waals surface area contributed by atoms with Gasteiger partial charge in [0.15, 0.2) is 0 Å². The van der Waals surface area contributed by atoms with Gasteiger partial charge in [-0.1, -0.05) is 12.5 Å². The molecule has 0 spiro atoms. The molecule has 0 aliphatic rings. The van der Waals surface area contributed by atoms with E-state index >= 15 is 0 Å². The average Bonchev–Trinajstić information content (AvgIpc) is 2.87. The summed E-state index contributed by atoms with van der Waals surface area (Å²) in [4.78, 5) is 11.1. The summed E-state index contributed by atoms with van der Waals surface area (Å²) in [7, 11) is 0. The Labute approximate surface area is 215 Å². The zero-order valence-corrected chi connectivity index (χ0v) is 21.7. The molecule has 11 nitrogen and oxygen atoms in total. The molecule has 0 fully saturated rings. The molecule has 0 radical (unpaired) electrons. The molecule has 0 aliphatic heterocycles. The Bertz CT molecular complexity index is 537. The van der Waals surface area contributed by atoms with Crippen molar-refractivity contribution in [1.82, 2.24) is 0 Å². The predicted molar refractivity (Wildman–Crippen MR) is 132 cm³/mol. The SMILES string of the molecule is C#CCOCCOCCOCCOCCOCCOCCOCCOCCOCCOC(=O)C(=C)C. The maximum Gasteiger partial charge on any atom is 0.333 e. The predicted octanol–water partition coefficient (Wildman–Crippen LogP) is 0.888. The summed E-state index contributed by atoms with van der Waals surface area (Å²) in [6.07, 6.45) is 5.06. The van der Waals surface area contributed by atoms with E-state index in [1.165, 1.54) is 0 Å². The standard InChI is InChI=1S/C25H44O11/c1-4-5-27-6-7-28-8-9-29-10-11-30-12-13-31-14-15-32-16-17-33-18-19-34-20-21-35-22-23-36-25(26)24(2)3/h1H,2,5-23H2,3H3. The van der Waals surface area contributed by atoms with Crippen molar-refractivity contribution in [3.8, 4) is 12.3 Å². The van der Waals surface area contributed by atoms with Crippen molar-refractivity contribution in [3.05, 3.63) is 12.2 Å². The van der Waals surface area contributed by atoms with Crippen LogP contribution in [0.1, 0.15) is 6.92 Å². The minimum Gasteiger partial charge on any atom is -0.460 e. The van der Waals surface area contributed by atoms with Crippen molar-refractivity contribution in [2.75, 3.05) is 126 Å². The van der Waals surface area contributed by atoms with Crippen molar-refractivity contribution >= 4 is 5.97 Å². The molecule has 0 aromatic rings. The fourth-order valence-corrected chi connectivity index (χ4v) is 2.21. The molecule has 0 N–H and O–H groups in total. The number of ether oxygens (including phenoxy) is 10. The van der Waals surface area contributed by atoms with Crippen LogP contribution in [-0.2, 0) is 52.2 Å². The minimum atomic E-state index is -0.412. The van der Waals surface area contributed by atoms with Crippen LogP contribution in [0, 0.1) is 12.3 Å². The van der Waals surface area contributed by atoms with Gasteiger partial charge in [-0.05, 0) is 6.92 Å². The van der Waals surface area contributed by atoms with Crippen molar-refractivity contribution in [2.45, 2.75) is 6.92 Å². The van der Waals surface area contributed by atoms with Crippen LogP contribution in [0.15, 0.2) is 12.2 Å². The third-order valence-electron chi connectivity index (χ3n) is 3.97. The van der Waals surface area contributed by atoms with Gasteiger partial charge in [0.25, 0.3) is 0 Å². The Morgan fingerprint density at radius 3 is 1.03 bits per heavy atom. The van der Waals surface area contributed by atoms with E-state index in [4.69, 9.17) is 53.8 Å². The van der Waals surface area contributed by atoms with E-state index in [1.54, 1.807) is 6.92 Å². The van der Waals surface area contributed by atoms with E-state index in [1.807, 2.05) is 0 Å². The summed E-state index contributed by atoms with van der Waals surface area (Å²) < 4.78 is 53.0. The molecule has 0 amide bonds. The highest BCUT2D eigenvalue weighted by Crippen LogP contribution is 1.92. The second-order valence-corrected chi connectivity index (χ2v) is 7.07.